The second kappa shape index (κ2) is 7.36. The van der Waals surface area contributed by atoms with E-state index >= 15 is 0 Å². The standard InChI is InChI=1S/C19H26N2O3/c1-13(2)16(21-8-10-23-11-9-21)12-20-19(22)18-14(3)15-6-4-5-7-17(15)24-18/h4-7,13,16H,8-12H2,1-3H3,(H,20,22). The number of aryl methyl sites for hydroxylation is 1. The number of furan rings is 1. The van der Waals surface area contributed by atoms with Crippen LogP contribution in [0.4, 0.5) is 0 Å². The van der Waals surface area contributed by atoms with Gasteiger partial charge in [-0.3, -0.25) is 9.69 Å². The maximum atomic E-state index is 12.6. The molecule has 0 aliphatic carbocycles. The Kier molecular flexibility index (Phi) is 5.21. The van der Waals surface area contributed by atoms with Crippen molar-refractivity contribution in [2.24, 2.45) is 5.92 Å². The SMILES string of the molecule is Cc1c(C(=O)NCC(C(C)C)N2CCOCC2)oc2ccccc12. The molecule has 1 amide bonds. The normalized spacial score (nSPS) is 17.3. The van der Waals surface area contributed by atoms with E-state index in [0.717, 1.165) is 42.8 Å². The van der Waals surface area contributed by atoms with Gasteiger partial charge in [-0.05, 0) is 18.9 Å². The highest BCUT2D eigenvalue weighted by molar-refractivity contribution is 5.98. The number of hydrogen-bond acceptors (Lipinski definition) is 4. The fraction of sp³-hybridized carbons (Fsp3) is 0.526. The monoisotopic (exact) mass is 330 g/mol. The van der Waals surface area contributed by atoms with Crippen LogP contribution in [0.5, 0.6) is 0 Å². The molecular weight excluding hydrogens is 304 g/mol. The molecule has 1 aromatic heterocycles. The van der Waals surface area contributed by atoms with Crippen LogP contribution in [0, 0.1) is 12.8 Å². The van der Waals surface area contributed by atoms with E-state index in [0.29, 0.717) is 24.3 Å². The van der Waals surface area contributed by atoms with Gasteiger partial charge in [-0.1, -0.05) is 32.0 Å². The van der Waals surface area contributed by atoms with Gasteiger partial charge >= 0.3 is 0 Å². The Hall–Kier alpha value is -1.85. The Morgan fingerprint density at radius 2 is 1.96 bits per heavy atom. The Labute approximate surface area is 143 Å². The Bertz CT molecular complexity index is 702. The number of ether oxygens (including phenoxy) is 1. The Balaban J connectivity index is 1.69. The van der Waals surface area contributed by atoms with Crippen LogP contribution in [0.2, 0.25) is 0 Å². The van der Waals surface area contributed by atoms with Gasteiger partial charge in [0.25, 0.3) is 5.91 Å². The third-order valence-electron chi connectivity index (χ3n) is 4.81. The van der Waals surface area contributed by atoms with Crippen molar-refractivity contribution >= 4 is 16.9 Å². The first-order chi connectivity index (χ1) is 11.6. The molecule has 2 heterocycles. The number of hydrogen-bond donors (Lipinski definition) is 1. The lowest BCUT2D eigenvalue weighted by atomic mass is 10.0. The lowest BCUT2D eigenvalue weighted by Crippen LogP contribution is -2.51. The summed E-state index contributed by atoms with van der Waals surface area (Å²) in [5.74, 6) is 0.739. The molecular formula is C19H26N2O3. The van der Waals surface area contributed by atoms with E-state index in [2.05, 4.69) is 24.1 Å². The van der Waals surface area contributed by atoms with Crippen molar-refractivity contribution < 1.29 is 13.9 Å². The van der Waals surface area contributed by atoms with Crippen molar-refractivity contribution in [1.29, 1.82) is 0 Å². The second-order valence-electron chi connectivity index (χ2n) is 6.72. The number of nitrogens with one attached hydrogen (secondary N) is 1. The summed E-state index contributed by atoms with van der Waals surface area (Å²) in [7, 11) is 0. The maximum absolute atomic E-state index is 12.6. The number of morpholine rings is 1. The van der Waals surface area contributed by atoms with E-state index in [-0.39, 0.29) is 5.91 Å². The molecule has 5 heteroatoms. The molecule has 1 aliphatic heterocycles. The van der Waals surface area contributed by atoms with Crippen LogP contribution in [0.15, 0.2) is 28.7 Å². The number of carbonyl (C=O) groups is 1. The molecule has 24 heavy (non-hydrogen) atoms. The molecule has 0 radical (unpaired) electrons. The minimum Gasteiger partial charge on any atom is -0.451 e. The van der Waals surface area contributed by atoms with Crippen LogP contribution in [-0.2, 0) is 4.74 Å². The largest absolute Gasteiger partial charge is 0.451 e. The third-order valence-corrected chi connectivity index (χ3v) is 4.81. The molecule has 3 rings (SSSR count). The maximum Gasteiger partial charge on any atom is 0.287 e. The van der Waals surface area contributed by atoms with Crippen LogP contribution in [0.3, 0.4) is 0 Å². The predicted octanol–water partition coefficient (Wildman–Crippen LogP) is 2.83. The van der Waals surface area contributed by atoms with Crippen molar-refractivity contribution in [2.75, 3.05) is 32.8 Å². The number of carbonyl (C=O) groups excluding carboxylic acids is 1. The van der Waals surface area contributed by atoms with Crippen molar-refractivity contribution in [3.8, 4) is 0 Å². The number of amides is 1. The third kappa shape index (κ3) is 3.47. The first kappa shape index (κ1) is 17.0. The van der Waals surface area contributed by atoms with Crippen LogP contribution in [0.1, 0.15) is 30.0 Å². The fourth-order valence-corrected chi connectivity index (χ4v) is 3.36. The van der Waals surface area contributed by atoms with E-state index in [1.165, 1.54) is 0 Å². The minimum atomic E-state index is -0.136. The summed E-state index contributed by atoms with van der Waals surface area (Å²) in [5, 5.41) is 4.06. The molecule has 5 nitrogen and oxygen atoms in total. The van der Waals surface area contributed by atoms with Gasteiger partial charge in [-0.15, -0.1) is 0 Å². The van der Waals surface area contributed by atoms with Gasteiger partial charge in [0.1, 0.15) is 5.58 Å². The van der Waals surface area contributed by atoms with E-state index < -0.39 is 0 Å². The smallest absolute Gasteiger partial charge is 0.287 e. The van der Waals surface area contributed by atoms with Crippen molar-refractivity contribution in [3.05, 3.63) is 35.6 Å². The lowest BCUT2D eigenvalue weighted by molar-refractivity contribution is 0.00666. The van der Waals surface area contributed by atoms with Gasteiger partial charge < -0.3 is 14.5 Å². The predicted molar refractivity (Wildman–Crippen MR) is 94.3 cm³/mol. The summed E-state index contributed by atoms with van der Waals surface area (Å²) in [6.45, 7) is 10.3. The Morgan fingerprint density at radius 1 is 1.25 bits per heavy atom. The summed E-state index contributed by atoms with van der Waals surface area (Å²) in [6.07, 6.45) is 0. The molecule has 1 atom stereocenters. The summed E-state index contributed by atoms with van der Waals surface area (Å²) in [6, 6.07) is 8.06. The highest BCUT2D eigenvalue weighted by Gasteiger charge is 2.25. The highest BCUT2D eigenvalue weighted by Crippen LogP contribution is 2.24. The summed E-state index contributed by atoms with van der Waals surface area (Å²) in [4.78, 5) is 15.0. The first-order valence-electron chi connectivity index (χ1n) is 8.66. The molecule has 2 aromatic rings. The van der Waals surface area contributed by atoms with Crippen LogP contribution in [0.25, 0.3) is 11.0 Å². The van der Waals surface area contributed by atoms with Gasteiger partial charge in [0, 0.05) is 36.6 Å². The number of fused-ring (bicyclic) bond motifs is 1. The van der Waals surface area contributed by atoms with Crippen LogP contribution >= 0.6 is 0 Å². The first-order valence-corrected chi connectivity index (χ1v) is 8.66. The summed E-state index contributed by atoms with van der Waals surface area (Å²) in [5.41, 5.74) is 1.66. The van der Waals surface area contributed by atoms with E-state index in [1.54, 1.807) is 0 Å². The number of rotatable bonds is 5. The number of para-hydroxylation sites is 1. The molecule has 130 valence electrons. The number of benzene rings is 1. The summed E-state index contributed by atoms with van der Waals surface area (Å²) >= 11 is 0. The molecule has 1 aliphatic rings. The van der Waals surface area contributed by atoms with E-state index in [9.17, 15) is 4.79 Å². The average Bonchev–Trinajstić information content (AvgIpc) is 2.93. The lowest BCUT2D eigenvalue weighted by Gasteiger charge is -2.36. The van der Waals surface area contributed by atoms with Crippen molar-refractivity contribution in [3.63, 3.8) is 0 Å². The van der Waals surface area contributed by atoms with Gasteiger partial charge in [0.15, 0.2) is 5.76 Å². The summed E-state index contributed by atoms with van der Waals surface area (Å²) < 4.78 is 11.2. The zero-order chi connectivity index (χ0) is 17.1. The highest BCUT2D eigenvalue weighted by atomic mass is 16.5. The molecule has 1 aromatic carbocycles. The van der Waals surface area contributed by atoms with E-state index in [4.69, 9.17) is 9.15 Å². The molecule has 1 N–H and O–H groups in total. The average molecular weight is 330 g/mol. The second-order valence-corrected chi connectivity index (χ2v) is 6.72. The minimum absolute atomic E-state index is 0.136. The fourth-order valence-electron chi connectivity index (χ4n) is 3.36. The van der Waals surface area contributed by atoms with Crippen molar-refractivity contribution in [2.45, 2.75) is 26.8 Å². The van der Waals surface area contributed by atoms with Gasteiger partial charge in [0.05, 0.1) is 13.2 Å². The Morgan fingerprint density at radius 3 is 2.62 bits per heavy atom. The quantitative estimate of drug-likeness (QED) is 0.916. The molecule has 1 saturated heterocycles. The number of nitrogens with zero attached hydrogens (tertiary/aromatic N) is 1. The van der Waals surface area contributed by atoms with Gasteiger partial charge in [0.2, 0.25) is 0 Å². The van der Waals surface area contributed by atoms with E-state index in [1.807, 2.05) is 31.2 Å². The van der Waals surface area contributed by atoms with Gasteiger partial charge in [-0.2, -0.15) is 0 Å². The van der Waals surface area contributed by atoms with Crippen LogP contribution in [-0.4, -0.2) is 49.7 Å². The molecule has 0 saturated carbocycles. The topological polar surface area (TPSA) is 54.7 Å². The molecule has 1 fully saturated rings. The molecule has 0 spiro atoms. The van der Waals surface area contributed by atoms with Crippen molar-refractivity contribution in [1.82, 2.24) is 10.2 Å². The molecule has 0 bridgehead atoms. The van der Waals surface area contributed by atoms with Crippen LogP contribution < -0.4 is 5.32 Å². The zero-order valence-corrected chi connectivity index (χ0v) is 14.7. The zero-order valence-electron chi connectivity index (χ0n) is 14.7. The molecule has 1 unspecified atom stereocenters. The van der Waals surface area contributed by atoms with Gasteiger partial charge in [-0.25, -0.2) is 0 Å².